The van der Waals surface area contributed by atoms with Gasteiger partial charge in [0.05, 0.1) is 6.07 Å². The van der Waals surface area contributed by atoms with Gasteiger partial charge in [0.15, 0.2) is 0 Å². The fourth-order valence-corrected chi connectivity index (χ4v) is 2.84. The molecule has 0 bridgehead atoms. The zero-order valence-electron chi connectivity index (χ0n) is 9.65. The van der Waals surface area contributed by atoms with Crippen molar-refractivity contribution in [3.05, 3.63) is 0 Å². The average Bonchev–Trinajstić information content (AvgIpc) is 2.62. The minimum atomic E-state index is 0.330. The molecular formula is C12H21N3. The van der Waals surface area contributed by atoms with Crippen molar-refractivity contribution >= 4 is 0 Å². The standard InChI is InChI=1S/C12H21N3/c1-14-5-2-6-15(8-7-14)12-4-3-11(9-12)10-13/h11-12H,2-9H2,1H3. The van der Waals surface area contributed by atoms with E-state index in [0.29, 0.717) is 12.0 Å². The predicted molar refractivity (Wildman–Crippen MR) is 60.4 cm³/mol. The van der Waals surface area contributed by atoms with Crippen LogP contribution in [0.2, 0.25) is 0 Å². The molecule has 2 aliphatic rings. The van der Waals surface area contributed by atoms with E-state index in [1.807, 2.05) is 0 Å². The Morgan fingerprint density at radius 3 is 2.73 bits per heavy atom. The van der Waals surface area contributed by atoms with E-state index in [9.17, 15) is 0 Å². The Hall–Kier alpha value is -0.590. The van der Waals surface area contributed by atoms with Crippen LogP contribution in [0.5, 0.6) is 0 Å². The van der Waals surface area contributed by atoms with Gasteiger partial charge < -0.3 is 4.90 Å². The SMILES string of the molecule is CN1CCCN(C2CCC(C#N)C2)CC1. The molecule has 0 aromatic heterocycles. The molecule has 0 radical (unpaired) electrons. The maximum absolute atomic E-state index is 8.90. The maximum atomic E-state index is 8.90. The monoisotopic (exact) mass is 207 g/mol. The second-order valence-electron chi connectivity index (χ2n) is 4.99. The van der Waals surface area contributed by atoms with Crippen LogP contribution in [-0.2, 0) is 0 Å². The Kier molecular flexibility index (Phi) is 3.61. The number of nitriles is 1. The first-order valence-electron chi connectivity index (χ1n) is 6.12. The summed E-state index contributed by atoms with van der Waals surface area (Å²) >= 11 is 0. The number of hydrogen-bond donors (Lipinski definition) is 0. The molecule has 0 amide bonds. The van der Waals surface area contributed by atoms with E-state index < -0.39 is 0 Å². The molecule has 2 unspecified atom stereocenters. The lowest BCUT2D eigenvalue weighted by atomic mass is 10.1. The third kappa shape index (κ3) is 2.70. The van der Waals surface area contributed by atoms with Crippen molar-refractivity contribution in [1.82, 2.24) is 9.80 Å². The van der Waals surface area contributed by atoms with Crippen molar-refractivity contribution in [2.75, 3.05) is 33.2 Å². The van der Waals surface area contributed by atoms with Crippen molar-refractivity contribution in [1.29, 1.82) is 5.26 Å². The summed E-state index contributed by atoms with van der Waals surface area (Å²) in [5.74, 6) is 0.330. The van der Waals surface area contributed by atoms with Crippen molar-refractivity contribution in [2.45, 2.75) is 31.7 Å². The zero-order valence-corrected chi connectivity index (χ0v) is 9.65. The van der Waals surface area contributed by atoms with Gasteiger partial charge in [-0.2, -0.15) is 5.26 Å². The molecule has 1 aliphatic carbocycles. The lowest BCUT2D eigenvalue weighted by Gasteiger charge is -2.27. The van der Waals surface area contributed by atoms with Crippen molar-refractivity contribution < 1.29 is 0 Å². The molecule has 2 atom stereocenters. The Bertz CT molecular complexity index is 246. The molecule has 84 valence electrons. The minimum Gasteiger partial charge on any atom is -0.305 e. The van der Waals surface area contributed by atoms with Crippen LogP contribution >= 0.6 is 0 Å². The van der Waals surface area contributed by atoms with Gasteiger partial charge in [-0.3, -0.25) is 4.90 Å². The molecule has 1 aliphatic heterocycles. The van der Waals surface area contributed by atoms with Gasteiger partial charge in [0.2, 0.25) is 0 Å². The lowest BCUT2D eigenvalue weighted by Crippen LogP contribution is -2.36. The van der Waals surface area contributed by atoms with Gasteiger partial charge in [-0.1, -0.05) is 0 Å². The lowest BCUT2D eigenvalue weighted by molar-refractivity contribution is 0.203. The van der Waals surface area contributed by atoms with Gasteiger partial charge in [0, 0.05) is 25.0 Å². The first kappa shape index (κ1) is 10.9. The van der Waals surface area contributed by atoms with Crippen LogP contribution in [0.15, 0.2) is 0 Å². The molecule has 2 fully saturated rings. The van der Waals surface area contributed by atoms with E-state index in [1.54, 1.807) is 0 Å². The number of hydrogen-bond acceptors (Lipinski definition) is 3. The highest BCUT2D eigenvalue weighted by atomic mass is 15.2. The summed E-state index contributed by atoms with van der Waals surface area (Å²) in [4.78, 5) is 5.03. The van der Waals surface area contributed by atoms with E-state index in [-0.39, 0.29) is 0 Å². The Morgan fingerprint density at radius 2 is 2.00 bits per heavy atom. The number of rotatable bonds is 1. The van der Waals surface area contributed by atoms with Crippen LogP contribution in [0.4, 0.5) is 0 Å². The third-order valence-corrected chi connectivity index (χ3v) is 3.86. The van der Waals surface area contributed by atoms with Gasteiger partial charge in [-0.05, 0) is 45.8 Å². The molecule has 1 saturated carbocycles. The Labute approximate surface area is 92.7 Å². The first-order chi connectivity index (χ1) is 7.29. The topological polar surface area (TPSA) is 30.3 Å². The predicted octanol–water partition coefficient (Wildman–Crippen LogP) is 1.32. The highest BCUT2D eigenvalue weighted by Gasteiger charge is 2.29. The molecule has 1 heterocycles. The molecule has 3 nitrogen and oxygen atoms in total. The van der Waals surface area contributed by atoms with Crippen LogP contribution in [0.25, 0.3) is 0 Å². The van der Waals surface area contributed by atoms with E-state index in [1.165, 1.54) is 39.0 Å². The second kappa shape index (κ2) is 4.96. The van der Waals surface area contributed by atoms with Gasteiger partial charge in [0.25, 0.3) is 0 Å². The minimum absolute atomic E-state index is 0.330. The summed E-state index contributed by atoms with van der Waals surface area (Å²) in [6.07, 6.45) is 4.75. The molecule has 2 rings (SSSR count). The van der Waals surface area contributed by atoms with Crippen LogP contribution in [0.3, 0.4) is 0 Å². The quantitative estimate of drug-likeness (QED) is 0.649. The molecule has 1 saturated heterocycles. The fraction of sp³-hybridized carbons (Fsp3) is 0.917. The Morgan fingerprint density at radius 1 is 1.13 bits per heavy atom. The highest BCUT2D eigenvalue weighted by molar-refractivity contribution is 4.94. The smallest absolute Gasteiger partial charge is 0.0656 e. The summed E-state index contributed by atoms with van der Waals surface area (Å²) in [5.41, 5.74) is 0. The molecule has 3 heteroatoms. The van der Waals surface area contributed by atoms with Crippen molar-refractivity contribution in [3.63, 3.8) is 0 Å². The fourth-order valence-electron chi connectivity index (χ4n) is 2.84. The molecule has 0 aromatic rings. The van der Waals surface area contributed by atoms with E-state index in [2.05, 4.69) is 22.9 Å². The normalized spacial score (nSPS) is 34.9. The van der Waals surface area contributed by atoms with E-state index in [4.69, 9.17) is 5.26 Å². The summed E-state index contributed by atoms with van der Waals surface area (Å²) in [7, 11) is 2.20. The maximum Gasteiger partial charge on any atom is 0.0656 e. The molecule has 0 N–H and O–H groups in total. The summed E-state index contributed by atoms with van der Waals surface area (Å²) < 4.78 is 0. The van der Waals surface area contributed by atoms with Crippen LogP contribution in [0, 0.1) is 17.2 Å². The summed E-state index contributed by atoms with van der Waals surface area (Å²) in [6, 6.07) is 3.12. The van der Waals surface area contributed by atoms with E-state index in [0.717, 1.165) is 12.8 Å². The van der Waals surface area contributed by atoms with Crippen LogP contribution in [-0.4, -0.2) is 49.1 Å². The third-order valence-electron chi connectivity index (χ3n) is 3.86. The first-order valence-corrected chi connectivity index (χ1v) is 6.12. The van der Waals surface area contributed by atoms with Crippen molar-refractivity contribution in [2.24, 2.45) is 5.92 Å². The summed E-state index contributed by atoms with van der Waals surface area (Å²) in [6.45, 7) is 4.84. The Balaban J connectivity index is 1.86. The van der Waals surface area contributed by atoms with Gasteiger partial charge in [-0.15, -0.1) is 0 Å². The van der Waals surface area contributed by atoms with Crippen LogP contribution in [0.1, 0.15) is 25.7 Å². The van der Waals surface area contributed by atoms with Gasteiger partial charge >= 0.3 is 0 Å². The average molecular weight is 207 g/mol. The van der Waals surface area contributed by atoms with Gasteiger partial charge in [0.1, 0.15) is 0 Å². The molecule has 0 spiro atoms. The number of likely N-dealkylation sites (N-methyl/N-ethyl adjacent to an activating group) is 1. The largest absolute Gasteiger partial charge is 0.305 e. The molecular weight excluding hydrogens is 186 g/mol. The number of nitrogens with zero attached hydrogens (tertiary/aromatic N) is 3. The second-order valence-corrected chi connectivity index (χ2v) is 4.99. The van der Waals surface area contributed by atoms with Crippen molar-refractivity contribution in [3.8, 4) is 6.07 Å². The highest BCUT2D eigenvalue weighted by Crippen LogP contribution is 2.29. The van der Waals surface area contributed by atoms with Gasteiger partial charge in [-0.25, -0.2) is 0 Å². The van der Waals surface area contributed by atoms with E-state index >= 15 is 0 Å². The zero-order chi connectivity index (χ0) is 10.7. The van der Waals surface area contributed by atoms with Crippen LogP contribution < -0.4 is 0 Å². The summed E-state index contributed by atoms with van der Waals surface area (Å²) in [5, 5.41) is 8.90. The molecule has 0 aromatic carbocycles. The molecule has 15 heavy (non-hydrogen) atoms.